The van der Waals surface area contributed by atoms with Gasteiger partial charge in [-0.05, 0) is 64.9 Å². The number of hydrogen-bond acceptors (Lipinski definition) is 4. The van der Waals surface area contributed by atoms with Crippen molar-refractivity contribution in [3.8, 4) is 5.75 Å². The van der Waals surface area contributed by atoms with Gasteiger partial charge in [-0.15, -0.1) is 0 Å². The van der Waals surface area contributed by atoms with E-state index in [-0.39, 0.29) is 22.8 Å². The van der Waals surface area contributed by atoms with Crippen LogP contribution in [0.3, 0.4) is 0 Å². The van der Waals surface area contributed by atoms with Crippen molar-refractivity contribution < 1.29 is 24.9 Å². The summed E-state index contributed by atoms with van der Waals surface area (Å²) in [4.78, 5) is 23.5. The minimum Gasteiger partial charge on any atom is -0.508 e. The van der Waals surface area contributed by atoms with Gasteiger partial charge in [-0.2, -0.15) is 0 Å². The highest BCUT2D eigenvalue weighted by molar-refractivity contribution is 5.99. The number of carboxylic acids is 1. The van der Waals surface area contributed by atoms with E-state index in [2.05, 4.69) is 5.32 Å². The van der Waals surface area contributed by atoms with Crippen molar-refractivity contribution in [2.24, 2.45) is 0 Å². The van der Waals surface area contributed by atoms with Crippen molar-refractivity contribution in [1.29, 1.82) is 0 Å². The fourth-order valence-electron chi connectivity index (χ4n) is 3.39. The molecule has 0 aliphatic heterocycles. The number of amides is 1. The third kappa shape index (κ3) is 4.26. The summed E-state index contributed by atoms with van der Waals surface area (Å²) in [5.41, 5.74) is 1.27. The number of benzene rings is 3. The quantitative estimate of drug-likeness (QED) is 0.384. The van der Waals surface area contributed by atoms with Gasteiger partial charge < -0.3 is 25.2 Å². The van der Waals surface area contributed by atoms with Gasteiger partial charge in [0, 0.05) is 23.5 Å². The largest absolute Gasteiger partial charge is 0.508 e. The summed E-state index contributed by atoms with van der Waals surface area (Å²) in [5.74, 6) is -1.39. The summed E-state index contributed by atoms with van der Waals surface area (Å²) in [5, 5.41) is 34.4. The molecule has 0 saturated heterocycles. The smallest absolute Gasteiger partial charge is 0.335 e. The summed E-state index contributed by atoms with van der Waals surface area (Å²) in [7, 11) is 0. The fourth-order valence-corrected chi connectivity index (χ4v) is 3.39. The first-order chi connectivity index (χ1) is 14.9. The van der Waals surface area contributed by atoms with Crippen LogP contribution in [0, 0.1) is 0 Å². The number of aromatic carboxylic acids is 1. The Labute approximate surface area is 177 Å². The Morgan fingerprint density at radius 1 is 0.903 bits per heavy atom. The maximum absolute atomic E-state index is 12.5. The third-order valence-corrected chi connectivity index (χ3v) is 5.10. The number of aliphatic hydroxyl groups excluding tert-OH is 1. The van der Waals surface area contributed by atoms with Crippen LogP contribution in [-0.4, -0.2) is 31.8 Å². The van der Waals surface area contributed by atoms with Gasteiger partial charge in [-0.3, -0.25) is 4.79 Å². The molecule has 1 unspecified atom stereocenters. The number of aromatic nitrogens is 1. The van der Waals surface area contributed by atoms with Crippen LogP contribution in [0.4, 0.5) is 0 Å². The molecular weight excluding hydrogens is 396 g/mol. The van der Waals surface area contributed by atoms with Crippen molar-refractivity contribution in [3.63, 3.8) is 0 Å². The number of hydrogen-bond donors (Lipinski definition) is 4. The molecule has 0 bridgehead atoms. The minimum absolute atomic E-state index is 0.0906. The first kappa shape index (κ1) is 20.2. The van der Waals surface area contributed by atoms with Crippen LogP contribution < -0.4 is 5.32 Å². The molecule has 1 aromatic heterocycles. The molecule has 1 amide bonds. The number of carbonyl (C=O) groups is 2. The van der Waals surface area contributed by atoms with Gasteiger partial charge in [0.25, 0.3) is 5.91 Å². The van der Waals surface area contributed by atoms with E-state index in [0.29, 0.717) is 23.2 Å². The Kier molecular flexibility index (Phi) is 5.43. The molecule has 0 spiro atoms. The number of carbonyl (C=O) groups excluding carboxylic acids is 1. The van der Waals surface area contributed by atoms with E-state index in [9.17, 15) is 19.8 Å². The molecular formula is C24H20N2O5. The average Bonchev–Trinajstić information content (AvgIpc) is 3.30. The number of aliphatic hydroxyl groups is 1. The molecule has 0 radical (unpaired) electrons. The number of phenols is 1. The molecule has 0 saturated carbocycles. The van der Waals surface area contributed by atoms with E-state index in [1.165, 1.54) is 30.3 Å². The fraction of sp³-hybridized carbons (Fsp3) is 0.0833. The molecule has 31 heavy (non-hydrogen) atoms. The van der Waals surface area contributed by atoms with Crippen molar-refractivity contribution in [1.82, 2.24) is 9.88 Å². The van der Waals surface area contributed by atoms with Gasteiger partial charge >= 0.3 is 5.97 Å². The van der Waals surface area contributed by atoms with Crippen LogP contribution in [0.15, 0.2) is 79.1 Å². The van der Waals surface area contributed by atoms with Gasteiger partial charge in [0.2, 0.25) is 0 Å². The van der Waals surface area contributed by atoms with E-state index in [1.54, 1.807) is 24.3 Å². The maximum atomic E-state index is 12.5. The van der Waals surface area contributed by atoms with Crippen molar-refractivity contribution >= 4 is 22.6 Å². The third-order valence-electron chi connectivity index (χ3n) is 5.10. The molecule has 0 fully saturated rings. The van der Waals surface area contributed by atoms with Gasteiger partial charge in [0.15, 0.2) is 0 Å². The van der Waals surface area contributed by atoms with Crippen molar-refractivity contribution in [2.75, 3.05) is 0 Å². The summed E-state index contributed by atoms with van der Waals surface area (Å²) < 4.78 is 1.83. The molecule has 4 aromatic rings. The predicted octanol–water partition coefficient (Wildman–Crippen LogP) is 3.51. The Bertz CT molecular complexity index is 1250. The van der Waals surface area contributed by atoms with E-state index in [1.807, 2.05) is 29.1 Å². The first-order valence-electron chi connectivity index (χ1n) is 9.59. The molecule has 1 atom stereocenters. The van der Waals surface area contributed by atoms with Crippen LogP contribution in [0.2, 0.25) is 0 Å². The van der Waals surface area contributed by atoms with E-state index in [0.717, 1.165) is 5.39 Å². The van der Waals surface area contributed by atoms with Crippen molar-refractivity contribution in [2.45, 2.75) is 12.8 Å². The molecule has 3 aromatic carbocycles. The lowest BCUT2D eigenvalue weighted by Crippen LogP contribution is -2.25. The zero-order valence-electron chi connectivity index (χ0n) is 16.4. The molecule has 0 aliphatic carbocycles. The van der Waals surface area contributed by atoms with Gasteiger partial charge in [0.1, 0.15) is 11.9 Å². The number of rotatable bonds is 6. The lowest BCUT2D eigenvalue weighted by atomic mass is 9.96. The predicted molar refractivity (Wildman–Crippen MR) is 115 cm³/mol. The average molecular weight is 416 g/mol. The molecule has 7 heteroatoms. The molecule has 4 rings (SSSR count). The molecule has 156 valence electrons. The second-order valence-corrected chi connectivity index (χ2v) is 7.16. The normalized spacial score (nSPS) is 11.9. The Morgan fingerprint density at radius 2 is 1.58 bits per heavy atom. The maximum Gasteiger partial charge on any atom is 0.335 e. The van der Waals surface area contributed by atoms with E-state index >= 15 is 0 Å². The Hall–Kier alpha value is -4.10. The van der Waals surface area contributed by atoms with Crippen LogP contribution >= 0.6 is 0 Å². The second-order valence-electron chi connectivity index (χ2n) is 7.16. The SMILES string of the molecule is O=C(O)c1ccc(C(O)c2cc3cc(C(=O)NCn4cccc4)ccc3cc2O)cc1. The number of nitrogens with one attached hydrogen (secondary N) is 1. The Morgan fingerprint density at radius 3 is 2.26 bits per heavy atom. The molecule has 4 N–H and O–H groups in total. The van der Waals surface area contributed by atoms with E-state index < -0.39 is 12.1 Å². The highest BCUT2D eigenvalue weighted by Crippen LogP contribution is 2.33. The van der Waals surface area contributed by atoms with Crippen LogP contribution in [0.1, 0.15) is 37.9 Å². The second kappa shape index (κ2) is 8.33. The molecule has 7 nitrogen and oxygen atoms in total. The van der Waals surface area contributed by atoms with Crippen molar-refractivity contribution in [3.05, 3.63) is 101 Å². The van der Waals surface area contributed by atoms with Crippen LogP contribution in [-0.2, 0) is 6.67 Å². The standard InChI is InChI=1S/C24H20N2O5/c27-21-13-17-7-8-18(23(29)25-14-26-9-1-2-10-26)11-19(17)12-20(21)22(28)15-3-5-16(6-4-15)24(30)31/h1-13,22,27-28H,14H2,(H,25,29)(H,30,31). The van der Waals surface area contributed by atoms with Gasteiger partial charge in [-0.25, -0.2) is 4.79 Å². The highest BCUT2D eigenvalue weighted by atomic mass is 16.4. The zero-order valence-corrected chi connectivity index (χ0v) is 16.4. The summed E-state index contributed by atoms with van der Waals surface area (Å²) >= 11 is 0. The summed E-state index contributed by atoms with van der Waals surface area (Å²) in [6.45, 7) is 0.343. The van der Waals surface area contributed by atoms with E-state index in [4.69, 9.17) is 5.11 Å². The summed E-state index contributed by atoms with van der Waals surface area (Å²) in [6, 6.07) is 17.8. The topological polar surface area (TPSA) is 112 Å². The van der Waals surface area contributed by atoms with Crippen LogP contribution in [0.25, 0.3) is 10.8 Å². The number of aromatic hydroxyl groups is 1. The monoisotopic (exact) mass is 416 g/mol. The van der Waals surface area contributed by atoms with Gasteiger partial charge in [0.05, 0.1) is 12.2 Å². The number of fused-ring (bicyclic) bond motifs is 1. The number of carboxylic acid groups (broad SMARTS) is 1. The zero-order chi connectivity index (χ0) is 22.0. The lowest BCUT2D eigenvalue weighted by molar-refractivity contribution is 0.0696. The minimum atomic E-state index is -1.15. The lowest BCUT2D eigenvalue weighted by Gasteiger charge is -2.15. The van der Waals surface area contributed by atoms with Gasteiger partial charge in [-0.1, -0.05) is 18.2 Å². The molecule has 1 heterocycles. The highest BCUT2D eigenvalue weighted by Gasteiger charge is 2.17. The number of phenolic OH excluding ortho intramolecular Hbond substituents is 1. The number of nitrogens with zero attached hydrogens (tertiary/aromatic N) is 1. The Balaban J connectivity index is 1.61. The van der Waals surface area contributed by atoms with Crippen LogP contribution in [0.5, 0.6) is 5.75 Å². The molecule has 0 aliphatic rings. The first-order valence-corrected chi connectivity index (χ1v) is 9.59. The summed E-state index contributed by atoms with van der Waals surface area (Å²) in [6.07, 6.45) is 2.54.